The van der Waals surface area contributed by atoms with Crippen LogP contribution in [0.3, 0.4) is 0 Å². The SMILES string of the molecule is Cc1ccc(Br)cc1NC(=O)c1cc(F)ccc1O. The van der Waals surface area contributed by atoms with Crippen LogP contribution >= 0.6 is 15.9 Å². The second kappa shape index (κ2) is 5.40. The third-order valence-electron chi connectivity index (χ3n) is 2.65. The van der Waals surface area contributed by atoms with E-state index >= 15 is 0 Å². The van der Waals surface area contributed by atoms with Crippen molar-refractivity contribution in [2.75, 3.05) is 5.32 Å². The number of aromatic hydroxyl groups is 1. The minimum absolute atomic E-state index is 0.0978. The highest BCUT2D eigenvalue weighted by atomic mass is 79.9. The number of hydrogen-bond acceptors (Lipinski definition) is 2. The molecule has 19 heavy (non-hydrogen) atoms. The van der Waals surface area contributed by atoms with Gasteiger partial charge < -0.3 is 10.4 Å². The van der Waals surface area contributed by atoms with Gasteiger partial charge in [0.1, 0.15) is 11.6 Å². The number of rotatable bonds is 2. The van der Waals surface area contributed by atoms with Gasteiger partial charge >= 0.3 is 0 Å². The molecule has 0 radical (unpaired) electrons. The molecule has 2 aromatic rings. The third-order valence-corrected chi connectivity index (χ3v) is 3.14. The summed E-state index contributed by atoms with van der Waals surface area (Å²) in [4.78, 5) is 12.0. The number of aryl methyl sites for hydroxylation is 1. The van der Waals surface area contributed by atoms with Crippen molar-refractivity contribution in [3.63, 3.8) is 0 Å². The van der Waals surface area contributed by atoms with E-state index in [9.17, 15) is 14.3 Å². The average molecular weight is 324 g/mol. The molecule has 0 aliphatic rings. The fourth-order valence-corrected chi connectivity index (χ4v) is 1.97. The highest BCUT2D eigenvalue weighted by Crippen LogP contribution is 2.23. The van der Waals surface area contributed by atoms with Gasteiger partial charge in [0, 0.05) is 10.2 Å². The standard InChI is InChI=1S/C14H11BrFNO2/c1-8-2-3-9(15)6-12(8)17-14(19)11-7-10(16)4-5-13(11)18/h2-7,18H,1H3,(H,17,19). The van der Waals surface area contributed by atoms with E-state index in [0.717, 1.165) is 28.2 Å². The molecule has 0 spiro atoms. The Balaban J connectivity index is 2.30. The molecule has 3 nitrogen and oxygen atoms in total. The lowest BCUT2D eigenvalue weighted by atomic mass is 10.1. The number of halogens is 2. The first-order valence-electron chi connectivity index (χ1n) is 5.53. The summed E-state index contributed by atoms with van der Waals surface area (Å²) >= 11 is 3.31. The molecule has 0 aliphatic carbocycles. The first-order valence-corrected chi connectivity index (χ1v) is 6.32. The van der Waals surface area contributed by atoms with Crippen molar-refractivity contribution in [1.29, 1.82) is 0 Å². The van der Waals surface area contributed by atoms with E-state index in [0.29, 0.717) is 5.69 Å². The Morgan fingerprint density at radius 3 is 2.74 bits per heavy atom. The van der Waals surface area contributed by atoms with Gasteiger partial charge in [0.2, 0.25) is 0 Å². The van der Waals surface area contributed by atoms with Crippen LogP contribution in [-0.4, -0.2) is 11.0 Å². The summed E-state index contributed by atoms with van der Waals surface area (Å²) in [5.74, 6) is -1.39. The molecule has 0 atom stereocenters. The van der Waals surface area contributed by atoms with Gasteiger partial charge in [-0.15, -0.1) is 0 Å². The smallest absolute Gasteiger partial charge is 0.259 e. The molecule has 0 fully saturated rings. The monoisotopic (exact) mass is 323 g/mol. The van der Waals surface area contributed by atoms with Crippen LogP contribution in [0.15, 0.2) is 40.9 Å². The van der Waals surface area contributed by atoms with Gasteiger partial charge in [-0.1, -0.05) is 22.0 Å². The lowest BCUT2D eigenvalue weighted by Crippen LogP contribution is -2.13. The summed E-state index contributed by atoms with van der Waals surface area (Å²) in [7, 11) is 0. The molecule has 2 rings (SSSR count). The first-order chi connectivity index (χ1) is 8.97. The molecular formula is C14H11BrFNO2. The predicted molar refractivity (Wildman–Crippen MR) is 74.9 cm³/mol. The van der Waals surface area contributed by atoms with Gasteiger partial charge in [0.05, 0.1) is 5.56 Å². The molecule has 0 unspecified atom stereocenters. The minimum Gasteiger partial charge on any atom is -0.507 e. The summed E-state index contributed by atoms with van der Waals surface area (Å²) < 4.78 is 13.9. The van der Waals surface area contributed by atoms with Crippen LogP contribution in [0, 0.1) is 12.7 Å². The van der Waals surface area contributed by atoms with Gasteiger partial charge in [0.15, 0.2) is 0 Å². The van der Waals surface area contributed by atoms with Crippen molar-refractivity contribution in [1.82, 2.24) is 0 Å². The van der Waals surface area contributed by atoms with Crippen molar-refractivity contribution in [2.45, 2.75) is 6.92 Å². The van der Waals surface area contributed by atoms with E-state index in [1.54, 1.807) is 6.07 Å². The van der Waals surface area contributed by atoms with Crippen LogP contribution in [0.25, 0.3) is 0 Å². The third kappa shape index (κ3) is 3.12. The molecular weight excluding hydrogens is 313 g/mol. The van der Waals surface area contributed by atoms with E-state index in [1.807, 2.05) is 19.1 Å². The number of anilines is 1. The van der Waals surface area contributed by atoms with Gasteiger partial charge in [-0.2, -0.15) is 0 Å². The van der Waals surface area contributed by atoms with E-state index in [-0.39, 0.29) is 11.3 Å². The van der Waals surface area contributed by atoms with E-state index < -0.39 is 11.7 Å². The molecule has 0 bridgehead atoms. The minimum atomic E-state index is -0.575. The Hall–Kier alpha value is -1.88. The van der Waals surface area contributed by atoms with Crippen LogP contribution < -0.4 is 5.32 Å². The topological polar surface area (TPSA) is 49.3 Å². The van der Waals surface area contributed by atoms with E-state index in [2.05, 4.69) is 21.2 Å². The van der Waals surface area contributed by atoms with Gasteiger partial charge in [-0.05, 0) is 42.8 Å². The number of hydrogen-bond donors (Lipinski definition) is 2. The molecule has 5 heteroatoms. The van der Waals surface area contributed by atoms with Crippen LogP contribution in [0.4, 0.5) is 10.1 Å². The summed E-state index contributed by atoms with van der Waals surface area (Å²) in [6, 6.07) is 8.67. The van der Waals surface area contributed by atoms with Crippen molar-refractivity contribution in [3.8, 4) is 5.75 Å². The molecule has 0 saturated carbocycles. The normalized spacial score (nSPS) is 10.3. The van der Waals surface area contributed by atoms with Gasteiger partial charge in [0.25, 0.3) is 5.91 Å². The number of carbonyl (C=O) groups excluding carboxylic acids is 1. The Morgan fingerprint density at radius 1 is 1.26 bits per heavy atom. The lowest BCUT2D eigenvalue weighted by molar-refractivity contribution is 0.102. The molecule has 0 aliphatic heterocycles. The number of phenols is 1. The Labute approximate surface area is 118 Å². The number of phenolic OH excluding ortho intramolecular Hbond substituents is 1. The number of amides is 1. The molecule has 0 saturated heterocycles. The molecule has 1 amide bonds. The van der Waals surface area contributed by atoms with Crippen LogP contribution in [0.2, 0.25) is 0 Å². The second-order valence-electron chi connectivity index (χ2n) is 4.07. The number of benzene rings is 2. The van der Waals surface area contributed by atoms with Crippen LogP contribution in [-0.2, 0) is 0 Å². The molecule has 0 aromatic heterocycles. The Kier molecular flexibility index (Phi) is 3.85. The maximum absolute atomic E-state index is 13.1. The Bertz CT molecular complexity index is 643. The molecule has 98 valence electrons. The molecule has 2 aromatic carbocycles. The fourth-order valence-electron chi connectivity index (χ4n) is 1.61. The number of nitrogens with one attached hydrogen (secondary N) is 1. The van der Waals surface area contributed by atoms with Gasteiger partial charge in [-0.3, -0.25) is 4.79 Å². The summed E-state index contributed by atoms with van der Waals surface area (Å²) in [6.07, 6.45) is 0. The lowest BCUT2D eigenvalue weighted by Gasteiger charge is -2.10. The zero-order valence-corrected chi connectivity index (χ0v) is 11.7. The van der Waals surface area contributed by atoms with E-state index in [4.69, 9.17) is 0 Å². The maximum atomic E-state index is 13.1. The fraction of sp³-hybridized carbons (Fsp3) is 0.0714. The summed E-state index contributed by atoms with van der Waals surface area (Å²) in [5, 5.41) is 12.2. The summed E-state index contributed by atoms with van der Waals surface area (Å²) in [6.45, 7) is 1.84. The van der Waals surface area contributed by atoms with Crippen molar-refractivity contribution in [3.05, 3.63) is 57.8 Å². The van der Waals surface area contributed by atoms with Crippen LogP contribution in [0.5, 0.6) is 5.75 Å². The largest absolute Gasteiger partial charge is 0.507 e. The highest BCUT2D eigenvalue weighted by molar-refractivity contribution is 9.10. The van der Waals surface area contributed by atoms with Crippen molar-refractivity contribution < 1.29 is 14.3 Å². The zero-order valence-electron chi connectivity index (χ0n) is 10.1. The second-order valence-corrected chi connectivity index (χ2v) is 4.99. The van der Waals surface area contributed by atoms with Gasteiger partial charge in [-0.25, -0.2) is 4.39 Å². The maximum Gasteiger partial charge on any atom is 0.259 e. The number of carbonyl (C=O) groups is 1. The van der Waals surface area contributed by atoms with Crippen molar-refractivity contribution >= 4 is 27.5 Å². The Morgan fingerprint density at radius 2 is 2.00 bits per heavy atom. The van der Waals surface area contributed by atoms with E-state index in [1.165, 1.54) is 0 Å². The quantitative estimate of drug-likeness (QED) is 0.881. The highest BCUT2D eigenvalue weighted by Gasteiger charge is 2.13. The molecule has 2 N–H and O–H groups in total. The average Bonchev–Trinajstić information content (AvgIpc) is 2.36. The molecule has 0 heterocycles. The van der Waals surface area contributed by atoms with Crippen molar-refractivity contribution in [2.24, 2.45) is 0 Å². The predicted octanol–water partition coefficient (Wildman–Crippen LogP) is 3.85. The zero-order chi connectivity index (χ0) is 14.0. The van der Waals surface area contributed by atoms with Crippen LogP contribution in [0.1, 0.15) is 15.9 Å². The summed E-state index contributed by atoms with van der Waals surface area (Å²) in [5.41, 5.74) is 1.37. The first kappa shape index (κ1) is 13.5.